The summed E-state index contributed by atoms with van der Waals surface area (Å²) in [6, 6.07) is 6.64. The van der Waals surface area contributed by atoms with E-state index in [2.05, 4.69) is 10.6 Å². The van der Waals surface area contributed by atoms with Gasteiger partial charge >= 0.3 is 6.03 Å². The maximum Gasteiger partial charge on any atom is 0.319 e. The Kier molecular flexibility index (Phi) is 5.67. The Morgan fingerprint density at radius 1 is 1.25 bits per heavy atom. The second-order valence-corrected chi connectivity index (χ2v) is 3.75. The molecule has 0 aliphatic heterocycles. The van der Waals surface area contributed by atoms with Crippen molar-refractivity contribution in [2.24, 2.45) is 0 Å². The molecule has 5 heteroatoms. The third kappa shape index (κ3) is 5.00. The van der Waals surface area contributed by atoms with E-state index in [0.29, 0.717) is 23.7 Å². The summed E-state index contributed by atoms with van der Waals surface area (Å²) in [5.41, 5.74) is 0.698. The van der Waals surface area contributed by atoms with E-state index in [9.17, 15) is 4.79 Å². The Morgan fingerprint density at radius 2 is 1.94 bits per heavy atom. The van der Waals surface area contributed by atoms with E-state index in [1.165, 1.54) is 0 Å². The highest BCUT2D eigenvalue weighted by Crippen LogP contribution is 2.12. The molecule has 1 aromatic carbocycles. The topological polar surface area (TPSA) is 61.4 Å². The SMILES string of the molecule is O=C(NCCCCO)Nc1ccc(Cl)cc1. The molecule has 0 aliphatic rings. The van der Waals surface area contributed by atoms with Gasteiger partial charge in [0.25, 0.3) is 0 Å². The molecule has 0 bridgehead atoms. The van der Waals surface area contributed by atoms with E-state index in [1.807, 2.05) is 0 Å². The molecule has 3 N–H and O–H groups in total. The van der Waals surface area contributed by atoms with E-state index < -0.39 is 0 Å². The van der Waals surface area contributed by atoms with Gasteiger partial charge in [0, 0.05) is 23.9 Å². The number of aliphatic hydroxyl groups excluding tert-OH is 1. The van der Waals surface area contributed by atoms with Gasteiger partial charge in [-0.3, -0.25) is 0 Å². The Labute approximate surface area is 99.6 Å². The van der Waals surface area contributed by atoms with Gasteiger partial charge in [0.15, 0.2) is 0 Å². The average molecular weight is 243 g/mol. The monoisotopic (exact) mass is 242 g/mol. The third-order valence-electron chi connectivity index (χ3n) is 1.97. The number of carbonyl (C=O) groups excluding carboxylic acids is 1. The van der Waals surface area contributed by atoms with Crippen molar-refractivity contribution in [3.8, 4) is 0 Å². The van der Waals surface area contributed by atoms with Crippen molar-refractivity contribution in [3.63, 3.8) is 0 Å². The van der Waals surface area contributed by atoms with Gasteiger partial charge in [-0.1, -0.05) is 11.6 Å². The third-order valence-corrected chi connectivity index (χ3v) is 2.22. The molecular weight excluding hydrogens is 228 g/mol. The van der Waals surface area contributed by atoms with Gasteiger partial charge in [-0.2, -0.15) is 0 Å². The lowest BCUT2D eigenvalue weighted by atomic mass is 10.3. The molecule has 1 rings (SSSR count). The number of carbonyl (C=O) groups is 1. The minimum atomic E-state index is -0.250. The maximum atomic E-state index is 11.3. The number of unbranched alkanes of at least 4 members (excludes halogenated alkanes) is 1. The Balaban J connectivity index is 2.26. The number of benzene rings is 1. The average Bonchev–Trinajstić information content (AvgIpc) is 2.28. The molecule has 0 saturated heterocycles. The van der Waals surface area contributed by atoms with Crippen molar-refractivity contribution in [3.05, 3.63) is 29.3 Å². The van der Waals surface area contributed by atoms with Crippen LogP contribution in [-0.2, 0) is 0 Å². The predicted molar refractivity (Wildman–Crippen MR) is 64.8 cm³/mol. The zero-order chi connectivity index (χ0) is 11.8. The predicted octanol–water partition coefficient (Wildman–Crippen LogP) is 2.23. The number of halogens is 1. The minimum Gasteiger partial charge on any atom is -0.396 e. The van der Waals surface area contributed by atoms with Crippen LogP contribution in [0.1, 0.15) is 12.8 Å². The number of hydrogen-bond donors (Lipinski definition) is 3. The van der Waals surface area contributed by atoms with Crippen LogP contribution in [0.15, 0.2) is 24.3 Å². The number of aliphatic hydroxyl groups is 1. The maximum absolute atomic E-state index is 11.3. The van der Waals surface area contributed by atoms with Crippen molar-refractivity contribution in [2.45, 2.75) is 12.8 Å². The van der Waals surface area contributed by atoms with E-state index in [0.717, 1.165) is 6.42 Å². The number of anilines is 1. The van der Waals surface area contributed by atoms with Gasteiger partial charge in [-0.25, -0.2) is 4.79 Å². The van der Waals surface area contributed by atoms with Crippen LogP contribution in [0.5, 0.6) is 0 Å². The molecule has 0 radical (unpaired) electrons. The summed E-state index contributed by atoms with van der Waals surface area (Å²) in [5, 5.41) is 14.5. The fourth-order valence-corrected chi connectivity index (χ4v) is 1.27. The Bertz CT molecular complexity index is 327. The first-order valence-corrected chi connectivity index (χ1v) is 5.51. The van der Waals surface area contributed by atoms with E-state index in [4.69, 9.17) is 16.7 Å². The molecule has 0 heterocycles. The Hall–Kier alpha value is -1.26. The fraction of sp³-hybridized carbons (Fsp3) is 0.364. The number of rotatable bonds is 5. The molecule has 88 valence electrons. The van der Waals surface area contributed by atoms with Crippen LogP contribution >= 0.6 is 11.6 Å². The quantitative estimate of drug-likeness (QED) is 0.694. The molecular formula is C11H15ClN2O2. The molecule has 0 saturated carbocycles. The van der Waals surface area contributed by atoms with Gasteiger partial charge in [0.1, 0.15) is 0 Å². The second kappa shape index (κ2) is 7.09. The van der Waals surface area contributed by atoms with Crippen molar-refractivity contribution >= 4 is 23.3 Å². The minimum absolute atomic E-state index is 0.153. The van der Waals surface area contributed by atoms with Gasteiger partial charge in [-0.05, 0) is 37.1 Å². The molecule has 0 atom stereocenters. The molecule has 0 aliphatic carbocycles. The van der Waals surface area contributed by atoms with E-state index in [-0.39, 0.29) is 12.6 Å². The summed E-state index contributed by atoms with van der Waals surface area (Å²) < 4.78 is 0. The highest BCUT2D eigenvalue weighted by Gasteiger charge is 2.00. The zero-order valence-corrected chi connectivity index (χ0v) is 9.63. The number of hydrogen-bond acceptors (Lipinski definition) is 2. The molecule has 0 spiro atoms. The van der Waals surface area contributed by atoms with Crippen LogP contribution in [0, 0.1) is 0 Å². The van der Waals surface area contributed by atoms with Crippen LogP contribution in [0.25, 0.3) is 0 Å². The summed E-state index contributed by atoms with van der Waals surface area (Å²) in [4.78, 5) is 11.3. The first-order valence-electron chi connectivity index (χ1n) is 5.13. The first-order chi connectivity index (χ1) is 7.72. The summed E-state index contributed by atoms with van der Waals surface area (Å²) in [6.45, 7) is 0.709. The van der Waals surface area contributed by atoms with Gasteiger partial charge < -0.3 is 15.7 Å². The highest BCUT2D eigenvalue weighted by atomic mass is 35.5. The van der Waals surface area contributed by atoms with Crippen LogP contribution in [0.3, 0.4) is 0 Å². The van der Waals surface area contributed by atoms with Gasteiger partial charge in [-0.15, -0.1) is 0 Å². The summed E-state index contributed by atoms with van der Waals surface area (Å²) in [5.74, 6) is 0. The molecule has 4 nitrogen and oxygen atoms in total. The lowest BCUT2D eigenvalue weighted by Gasteiger charge is -2.07. The fourth-order valence-electron chi connectivity index (χ4n) is 1.15. The molecule has 2 amide bonds. The molecule has 0 aromatic heterocycles. The largest absolute Gasteiger partial charge is 0.396 e. The van der Waals surface area contributed by atoms with Crippen LogP contribution < -0.4 is 10.6 Å². The van der Waals surface area contributed by atoms with Gasteiger partial charge in [0.05, 0.1) is 0 Å². The molecule has 0 unspecified atom stereocenters. The van der Waals surface area contributed by atoms with Crippen molar-refractivity contribution in [2.75, 3.05) is 18.5 Å². The lowest BCUT2D eigenvalue weighted by molar-refractivity contribution is 0.250. The van der Waals surface area contributed by atoms with Crippen molar-refractivity contribution in [1.29, 1.82) is 0 Å². The Morgan fingerprint density at radius 3 is 2.56 bits per heavy atom. The van der Waals surface area contributed by atoms with E-state index >= 15 is 0 Å². The van der Waals surface area contributed by atoms with Crippen LogP contribution in [-0.4, -0.2) is 24.3 Å². The molecule has 1 aromatic rings. The summed E-state index contributed by atoms with van der Waals surface area (Å²) in [7, 11) is 0. The smallest absolute Gasteiger partial charge is 0.319 e. The van der Waals surface area contributed by atoms with Crippen LogP contribution in [0.4, 0.5) is 10.5 Å². The zero-order valence-electron chi connectivity index (χ0n) is 8.87. The standard InChI is InChI=1S/C11H15ClN2O2/c12-9-3-5-10(6-4-9)14-11(16)13-7-1-2-8-15/h3-6,15H,1-2,7-8H2,(H2,13,14,16). The van der Waals surface area contributed by atoms with Crippen LogP contribution in [0.2, 0.25) is 5.02 Å². The van der Waals surface area contributed by atoms with E-state index in [1.54, 1.807) is 24.3 Å². The number of amides is 2. The lowest BCUT2D eigenvalue weighted by Crippen LogP contribution is -2.29. The number of nitrogens with one attached hydrogen (secondary N) is 2. The molecule has 0 fully saturated rings. The highest BCUT2D eigenvalue weighted by molar-refractivity contribution is 6.30. The van der Waals surface area contributed by atoms with Gasteiger partial charge in [0.2, 0.25) is 0 Å². The summed E-state index contributed by atoms with van der Waals surface area (Å²) in [6.07, 6.45) is 1.46. The van der Waals surface area contributed by atoms with Crippen molar-refractivity contribution < 1.29 is 9.90 Å². The second-order valence-electron chi connectivity index (χ2n) is 3.32. The van der Waals surface area contributed by atoms with Crippen molar-refractivity contribution in [1.82, 2.24) is 5.32 Å². The summed E-state index contributed by atoms with van der Waals surface area (Å²) >= 11 is 5.71. The first kappa shape index (κ1) is 12.8. The number of urea groups is 1. The molecule has 16 heavy (non-hydrogen) atoms. The normalized spacial score (nSPS) is 9.88.